The highest BCUT2D eigenvalue weighted by molar-refractivity contribution is 6.87. The van der Waals surface area contributed by atoms with Gasteiger partial charge in [-0.05, 0) is 102 Å². The number of allylic oxidation sites excluding steroid dienone is 10. The lowest BCUT2D eigenvalue weighted by Crippen LogP contribution is -2.37. The third-order valence-corrected chi connectivity index (χ3v) is 13.0. The van der Waals surface area contributed by atoms with Gasteiger partial charge in [-0.15, -0.1) is 0 Å². The van der Waals surface area contributed by atoms with E-state index >= 15 is 0 Å². The Morgan fingerprint density at radius 3 is 2.59 bits per heavy atom. The van der Waals surface area contributed by atoms with Crippen molar-refractivity contribution in [2.75, 3.05) is 0 Å². The molecule has 6 rings (SSSR count). The number of aryl methyl sites for hydroxylation is 2. The summed E-state index contributed by atoms with van der Waals surface area (Å²) < 4.78 is 0. The molecule has 2 atom stereocenters. The van der Waals surface area contributed by atoms with Gasteiger partial charge in [-0.3, -0.25) is 0 Å². The van der Waals surface area contributed by atoms with Gasteiger partial charge in [0.25, 0.3) is 0 Å². The third-order valence-electron chi connectivity index (χ3n) is 9.17. The van der Waals surface area contributed by atoms with Gasteiger partial charge in [0.15, 0.2) is 0 Å². The van der Waals surface area contributed by atoms with Crippen LogP contribution in [0.25, 0.3) is 5.57 Å². The number of fused-ring (bicyclic) bond motifs is 3. The van der Waals surface area contributed by atoms with Gasteiger partial charge in [0.2, 0.25) is 0 Å². The highest BCUT2D eigenvalue weighted by Crippen LogP contribution is 2.52. The minimum Gasteiger partial charge on any atom is -0.0753 e. The Balaban J connectivity index is 1.42. The molecule has 0 bridgehead atoms. The summed E-state index contributed by atoms with van der Waals surface area (Å²) in [5.41, 5.74) is 15.5. The molecule has 1 heteroatoms. The fourth-order valence-electron chi connectivity index (χ4n) is 7.33. The number of hydrogen-bond donors (Lipinski definition) is 0. The van der Waals surface area contributed by atoms with Crippen molar-refractivity contribution in [3.63, 3.8) is 0 Å². The number of hydrogen-bond acceptors (Lipinski definition) is 0. The normalized spacial score (nSPS) is 24.4. The maximum Gasteiger partial charge on any atom is 0.0927 e. The Labute approximate surface area is 195 Å². The molecule has 0 saturated heterocycles. The van der Waals surface area contributed by atoms with Crippen molar-refractivity contribution < 1.29 is 0 Å². The van der Waals surface area contributed by atoms with Crippen LogP contribution in [0.1, 0.15) is 86.6 Å². The lowest BCUT2D eigenvalue weighted by atomic mass is 9.90. The standard InChI is InChI=1S/C31H38Si/c1-5-8-20(2)26-19-31(29-18-24-12-7-11-23(24)17-28(26)29)32(3,4)30-14-13-25-15-21-9-6-10-22(21)16-27(25)30/h13-14,16-20,31H,5-12,15H2,1-4H3. The number of benzene rings is 1. The number of rotatable bonds is 5. The Kier molecular flexibility index (Phi) is 4.91. The molecule has 0 saturated carbocycles. The highest BCUT2D eigenvalue weighted by atomic mass is 28.3. The van der Waals surface area contributed by atoms with Crippen molar-refractivity contribution in [1.82, 2.24) is 0 Å². The first kappa shape index (κ1) is 20.7. The lowest BCUT2D eigenvalue weighted by molar-refractivity contribution is 0.650. The average molecular weight is 439 g/mol. The molecule has 166 valence electrons. The minimum atomic E-state index is -1.74. The molecule has 0 spiro atoms. The second kappa shape index (κ2) is 7.59. The van der Waals surface area contributed by atoms with E-state index in [9.17, 15) is 0 Å². The van der Waals surface area contributed by atoms with Gasteiger partial charge in [-0.2, -0.15) is 0 Å². The molecule has 0 fully saturated rings. The molecule has 0 amide bonds. The van der Waals surface area contributed by atoms with Crippen LogP contribution in [0.5, 0.6) is 0 Å². The van der Waals surface area contributed by atoms with Crippen LogP contribution in [-0.4, -0.2) is 8.07 Å². The Bertz CT molecular complexity index is 1150. The van der Waals surface area contributed by atoms with Crippen molar-refractivity contribution in [2.24, 2.45) is 5.92 Å². The van der Waals surface area contributed by atoms with E-state index in [1.165, 1.54) is 57.8 Å². The van der Waals surface area contributed by atoms with Crippen LogP contribution in [0, 0.1) is 5.92 Å². The van der Waals surface area contributed by atoms with Crippen molar-refractivity contribution in [1.29, 1.82) is 0 Å². The molecular weight excluding hydrogens is 400 g/mol. The average Bonchev–Trinajstić information content (AvgIpc) is 3.54. The molecule has 1 aromatic rings. The summed E-state index contributed by atoms with van der Waals surface area (Å²) in [7, 11) is -1.74. The van der Waals surface area contributed by atoms with Gasteiger partial charge in [0, 0.05) is 5.54 Å². The zero-order chi connectivity index (χ0) is 22.0. The van der Waals surface area contributed by atoms with Crippen LogP contribution in [-0.2, 0) is 12.8 Å². The second-order valence-corrected chi connectivity index (χ2v) is 16.2. The van der Waals surface area contributed by atoms with E-state index in [1.807, 2.05) is 0 Å². The molecule has 32 heavy (non-hydrogen) atoms. The van der Waals surface area contributed by atoms with Gasteiger partial charge in [0.05, 0.1) is 8.07 Å². The molecule has 0 aliphatic heterocycles. The topological polar surface area (TPSA) is 0 Å². The van der Waals surface area contributed by atoms with Crippen molar-refractivity contribution in [2.45, 2.75) is 90.3 Å². The van der Waals surface area contributed by atoms with Gasteiger partial charge in [-0.1, -0.05) is 80.6 Å². The first-order chi connectivity index (χ1) is 15.5. The Hall–Kier alpha value is -1.86. The van der Waals surface area contributed by atoms with E-state index in [1.54, 1.807) is 55.3 Å². The quantitative estimate of drug-likeness (QED) is 0.404. The predicted molar refractivity (Wildman–Crippen MR) is 140 cm³/mol. The summed E-state index contributed by atoms with van der Waals surface area (Å²) in [5.74, 6) is 0.666. The molecule has 0 heterocycles. The fourth-order valence-corrected chi connectivity index (χ4v) is 10.7. The highest BCUT2D eigenvalue weighted by Gasteiger charge is 2.43. The summed E-state index contributed by atoms with van der Waals surface area (Å²) in [6.07, 6.45) is 22.1. The smallest absolute Gasteiger partial charge is 0.0753 e. The van der Waals surface area contributed by atoms with Crippen LogP contribution in [0.4, 0.5) is 0 Å². The Morgan fingerprint density at radius 2 is 1.78 bits per heavy atom. The molecule has 0 nitrogen and oxygen atoms in total. The lowest BCUT2D eigenvalue weighted by Gasteiger charge is -2.34. The third kappa shape index (κ3) is 3.07. The van der Waals surface area contributed by atoms with E-state index in [0.29, 0.717) is 11.5 Å². The van der Waals surface area contributed by atoms with Crippen LogP contribution in [0.2, 0.25) is 13.1 Å². The largest absolute Gasteiger partial charge is 0.0927 e. The second-order valence-electron chi connectivity index (χ2n) is 11.6. The zero-order valence-corrected chi connectivity index (χ0v) is 21.5. The zero-order valence-electron chi connectivity index (χ0n) is 20.5. The first-order valence-corrected chi connectivity index (χ1v) is 16.3. The SMILES string of the molecule is CCCC(C)C1=CC([Si](C)(C)C2=CC=C3CC4=C(C=C32)CCC4)c2cc3c(cc21)CCC3. The molecule has 5 aliphatic rings. The summed E-state index contributed by atoms with van der Waals surface area (Å²) in [5, 5.41) is 1.71. The summed E-state index contributed by atoms with van der Waals surface area (Å²) >= 11 is 0. The molecule has 5 aliphatic carbocycles. The van der Waals surface area contributed by atoms with E-state index in [4.69, 9.17) is 0 Å². The van der Waals surface area contributed by atoms with Crippen LogP contribution < -0.4 is 0 Å². The Morgan fingerprint density at radius 1 is 1.00 bits per heavy atom. The molecule has 2 unspecified atom stereocenters. The van der Waals surface area contributed by atoms with Gasteiger partial charge in [0.1, 0.15) is 0 Å². The molecule has 0 radical (unpaired) electrons. The van der Waals surface area contributed by atoms with Crippen molar-refractivity contribution in [3.05, 3.63) is 86.2 Å². The fraction of sp³-hybridized carbons (Fsp3) is 0.484. The summed E-state index contributed by atoms with van der Waals surface area (Å²) in [6.45, 7) is 10.1. The van der Waals surface area contributed by atoms with Gasteiger partial charge >= 0.3 is 0 Å². The van der Waals surface area contributed by atoms with Gasteiger partial charge < -0.3 is 0 Å². The summed E-state index contributed by atoms with van der Waals surface area (Å²) in [6, 6.07) is 5.26. The van der Waals surface area contributed by atoms with E-state index < -0.39 is 8.07 Å². The van der Waals surface area contributed by atoms with Gasteiger partial charge in [-0.25, -0.2) is 0 Å². The predicted octanol–water partition coefficient (Wildman–Crippen LogP) is 8.56. The van der Waals surface area contributed by atoms with Crippen molar-refractivity contribution in [3.8, 4) is 0 Å². The van der Waals surface area contributed by atoms with E-state index in [2.05, 4.69) is 63.4 Å². The van der Waals surface area contributed by atoms with Crippen LogP contribution in [0.15, 0.2) is 63.9 Å². The first-order valence-electron chi connectivity index (χ1n) is 13.2. The maximum atomic E-state index is 2.74. The molecule has 0 N–H and O–H groups in total. The van der Waals surface area contributed by atoms with Crippen LogP contribution >= 0.6 is 0 Å². The van der Waals surface area contributed by atoms with E-state index in [-0.39, 0.29) is 0 Å². The molecule has 1 aromatic carbocycles. The minimum absolute atomic E-state index is 0.608. The molecular formula is C31H38Si. The van der Waals surface area contributed by atoms with Crippen LogP contribution in [0.3, 0.4) is 0 Å². The van der Waals surface area contributed by atoms with Crippen molar-refractivity contribution >= 4 is 13.6 Å². The van der Waals surface area contributed by atoms with E-state index in [0.717, 1.165) is 0 Å². The molecule has 0 aromatic heterocycles. The maximum absolute atomic E-state index is 2.74. The monoisotopic (exact) mass is 438 g/mol. The summed E-state index contributed by atoms with van der Waals surface area (Å²) in [4.78, 5) is 0.